The molecule has 0 spiro atoms. The molecule has 1 aromatic rings. The molecule has 21 heavy (non-hydrogen) atoms. The molecule has 0 saturated carbocycles. The van der Waals surface area contributed by atoms with Crippen LogP contribution in [0.5, 0.6) is 11.5 Å². The molecule has 1 saturated heterocycles. The standard InChI is InChI=1S/C17H28N2O2/c1-4-5-13-6-7-19(12-13)17(11-18)14-8-15(20-2)10-16(9-14)21-3/h8-10,13,17H,4-7,11-12,18H2,1-3H3. The molecule has 1 aliphatic rings. The number of methoxy groups -OCH3 is 2. The van der Waals surface area contributed by atoms with E-state index >= 15 is 0 Å². The van der Waals surface area contributed by atoms with E-state index in [0.717, 1.165) is 30.5 Å². The normalized spacial score (nSPS) is 20.5. The molecule has 0 amide bonds. The van der Waals surface area contributed by atoms with Crippen LogP contribution in [0.2, 0.25) is 0 Å². The molecule has 0 radical (unpaired) electrons. The van der Waals surface area contributed by atoms with Gasteiger partial charge in [0.05, 0.1) is 14.2 Å². The zero-order valence-electron chi connectivity index (χ0n) is 13.5. The minimum Gasteiger partial charge on any atom is -0.497 e. The maximum Gasteiger partial charge on any atom is 0.122 e. The van der Waals surface area contributed by atoms with Gasteiger partial charge in [-0.05, 0) is 43.0 Å². The molecule has 2 N–H and O–H groups in total. The van der Waals surface area contributed by atoms with Crippen LogP contribution < -0.4 is 15.2 Å². The Bertz CT molecular complexity index is 428. The fourth-order valence-electron chi connectivity index (χ4n) is 3.31. The Labute approximate surface area is 128 Å². The highest BCUT2D eigenvalue weighted by Gasteiger charge is 2.28. The molecule has 2 rings (SSSR count). The first kappa shape index (κ1) is 16.1. The van der Waals surface area contributed by atoms with Crippen molar-refractivity contribution in [1.29, 1.82) is 0 Å². The van der Waals surface area contributed by atoms with Gasteiger partial charge < -0.3 is 15.2 Å². The van der Waals surface area contributed by atoms with E-state index < -0.39 is 0 Å². The summed E-state index contributed by atoms with van der Waals surface area (Å²) in [4.78, 5) is 2.51. The number of likely N-dealkylation sites (tertiary alicyclic amines) is 1. The number of hydrogen-bond acceptors (Lipinski definition) is 4. The van der Waals surface area contributed by atoms with E-state index in [1.807, 2.05) is 6.07 Å². The van der Waals surface area contributed by atoms with Crippen molar-refractivity contribution >= 4 is 0 Å². The lowest BCUT2D eigenvalue weighted by molar-refractivity contribution is 0.238. The molecule has 0 bridgehead atoms. The molecular formula is C17H28N2O2. The monoisotopic (exact) mass is 292 g/mol. The van der Waals surface area contributed by atoms with Crippen LogP contribution in [0, 0.1) is 5.92 Å². The molecule has 4 nitrogen and oxygen atoms in total. The van der Waals surface area contributed by atoms with E-state index in [-0.39, 0.29) is 6.04 Å². The zero-order chi connectivity index (χ0) is 15.2. The smallest absolute Gasteiger partial charge is 0.122 e. The Kier molecular flexibility index (Phi) is 5.88. The first-order chi connectivity index (χ1) is 10.2. The van der Waals surface area contributed by atoms with Crippen molar-refractivity contribution in [3.05, 3.63) is 23.8 Å². The molecule has 0 aliphatic carbocycles. The molecule has 4 heteroatoms. The first-order valence-electron chi connectivity index (χ1n) is 7.88. The largest absolute Gasteiger partial charge is 0.497 e. The molecule has 1 aliphatic heterocycles. The Balaban J connectivity index is 2.17. The van der Waals surface area contributed by atoms with Crippen LogP contribution in [0.15, 0.2) is 18.2 Å². The molecule has 1 heterocycles. The second-order valence-electron chi connectivity index (χ2n) is 5.84. The van der Waals surface area contributed by atoms with Gasteiger partial charge >= 0.3 is 0 Å². The topological polar surface area (TPSA) is 47.7 Å². The third-order valence-electron chi connectivity index (χ3n) is 4.44. The lowest BCUT2D eigenvalue weighted by atomic mass is 10.0. The van der Waals surface area contributed by atoms with Crippen molar-refractivity contribution < 1.29 is 9.47 Å². The SMILES string of the molecule is CCCC1CCN(C(CN)c2cc(OC)cc(OC)c2)C1. The van der Waals surface area contributed by atoms with Crippen molar-refractivity contribution in [1.82, 2.24) is 4.90 Å². The van der Waals surface area contributed by atoms with Crippen molar-refractivity contribution in [2.24, 2.45) is 11.7 Å². The Morgan fingerprint density at radius 3 is 2.43 bits per heavy atom. The van der Waals surface area contributed by atoms with Crippen LogP contribution in [0.4, 0.5) is 0 Å². The van der Waals surface area contributed by atoms with Gasteiger partial charge in [0.15, 0.2) is 0 Å². The number of benzene rings is 1. The summed E-state index contributed by atoms with van der Waals surface area (Å²) in [6.45, 7) is 5.16. The summed E-state index contributed by atoms with van der Waals surface area (Å²) < 4.78 is 10.8. The van der Waals surface area contributed by atoms with Crippen LogP contribution in [-0.2, 0) is 0 Å². The van der Waals surface area contributed by atoms with E-state index in [2.05, 4.69) is 24.0 Å². The van der Waals surface area contributed by atoms with Crippen LogP contribution >= 0.6 is 0 Å². The second kappa shape index (κ2) is 7.66. The maximum absolute atomic E-state index is 6.06. The maximum atomic E-state index is 6.06. The molecule has 118 valence electrons. The van der Waals surface area contributed by atoms with Gasteiger partial charge in [-0.3, -0.25) is 4.90 Å². The van der Waals surface area contributed by atoms with Crippen molar-refractivity contribution in [3.63, 3.8) is 0 Å². The number of ether oxygens (including phenoxy) is 2. The third kappa shape index (κ3) is 3.89. The molecule has 1 aromatic carbocycles. The quantitative estimate of drug-likeness (QED) is 0.839. The van der Waals surface area contributed by atoms with Gasteiger partial charge in [-0.1, -0.05) is 13.3 Å². The predicted molar refractivity (Wildman–Crippen MR) is 85.9 cm³/mol. The molecule has 1 fully saturated rings. The van der Waals surface area contributed by atoms with Gasteiger partial charge in [-0.2, -0.15) is 0 Å². The second-order valence-corrected chi connectivity index (χ2v) is 5.84. The van der Waals surface area contributed by atoms with Gasteiger partial charge in [-0.25, -0.2) is 0 Å². The lowest BCUT2D eigenvalue weighted by Gasteiger charge is -2.27. The minimum atomic E-state index is 0.246. The van der Waals surface area contributed by atoms with Crippen molar-refractivity contribution in [2.45, 2.75) is 32.2 Å². The third-order valence-corrected chi connectivity index (χ3v) is 4.44. The van der Waals surface area contributed by atoms with Gasteiger partial charge in [0.1, 0.15) is 11.5 Å². The van der Waals surface area contributed by atoms with Gasteiger partial charge in [0.25, 0.3) is 0 Å². The van der Waals surface area contributed by atoms with Crippen LogP contribution in [0.3, 0.4) is 0 Å². The van der Waals surface area contributed by atoms with Crippen LogP contribution in [0.1, 0.15) is 37.8 Å². The summed E-state index contributed by atoms with van der Waals surface area (Å²) in [5, 5.41) is 0. The zero-order valence-corrected chi connectivity index (χ0v) is 13.5. The minimum absolute atomic E-state index is 0.246. The first-order valence-corrected chi connectivity index (χ1v) is 7.88. The molecule has 0 aromatic heterocycles. The average Bonchev–Trinajstić information content (AvgIpc) is 2.96. The highest BCUT2D eigenvalue weighted by molar-refractivity contribution is 5.40. The van der Waals surface area contributed by atoms with E-state index in [1.54, 1.807) is 14.2 Å². The number of hydrogen-bond donors (Lipinski definition) is 1. The molecular weight excluding hydrogens is 264 g/mol. The average molecular weight is 292 g/mol. The summed E-state index contributed by atoms with van der Waals surface area (Å²) in [7, 11) is 3.37. The highest BCUT2D eigenvalue weighted by atomic mass is 16.5. The van der Waals surface area contributed by atoms with E-state index in [9.17, 15) is 0 Å². The lowest BCUT2D eigenvalue weighted by Crippen LogP contribution is -2.32. The van der Waals surface area contributed by atoms with E-state index in [0.29, 0.717) is 6.54 Å². The number of rotatable bonds is 7. The fraction of sp³-hybridized carbons (Fsp3) is 0.647. The summed E-state index contributed by atoms with van der Waals surface area (Å²) in [5.74, 6) is 2.47. The summed E-state index contributed by atoms with van der Waals surface area (Å²) in [6.07, 6.45) is 3.86. The van der Waals surface area contributed by atoms with Gasteiger partial charge in [0, 0.05) is 25.2 Å². The summed E-state index contributed by atoms with van der Waals surface area (Å²) >= 11 is 0. The molecule has 2 unspecified atom stereocenters. The van der Waals surface area contributed by atoms with Crippen molar-refractivity contribution in [2.75, 3.05) is 33.9 Å². The number of nitrogens with zero attached hydrogens (tertiary/aromatic N) is 1. The molecule has 2 atom stereocenters. The Hall–Kier alpha value is -1.26. The van der Waals surface area contributed by atoms with Crippen LogP contribution in [0.25, 0.3) is 0 Å². The summed E-state index contributed by atoms with van der Waals surface area (Å²) in [5.41, 5.74) is 7.25. The predicted octanol–water partition coefficient (Wildman–Crippen LogP) is 2.83. The van der Waals surface area contributed by atoms with Gasteiger partial charge in [0.2, 0.25) is 0 Å². The highest BCUT2D eigenvalue weighted by Crippen LogP contribution is 2.33. The van der Waals surface area contributed by atoms with Crippen molar-refractivity contribution in [3.8, 4) is 11.5 Å². The summed E-state index contributed by atoms with van der Waals surface area (Å²) in [6, 6.07) is 6.30. The Morgan fingerprint density at radius 2 is 1.90 bits per heavy atom. The fourth-order valence-corrected chi connectivity index (χ4v) is 3.31. The van der Waals surface area contributed by atoms with Crippen LogP contribution in [-0.4, -0.2) is 38.8 Å². The number of nitrogens with two attached hydrogens (primary N) is 1. The van der Waals surface area contributed by atoms with Gasteiger partial charge in [-0.15, -0.1) is 0 Å². The van der Waals surface area contributed by atoms with E-state index in [4.69, 9.17) is 15.2 Å². The Morgan fingerprint density at radius 1 is 1.24 bits per heavy atom. The van der Waals surface area contributed by atoms with E-state index in [1.165, 1.54) is 24.8 Å².